The lowest BCUT2D eigenvalue weighted by atomic mass is 9.83. The molecule has 4 aliphatic rings. The van der Waals surface area contributed by atoms with E-state index in [0.717, 1.165) is 25.7 Å². The molecule has 4 aromatic carbocycles. The molecule has 0 fully saturated rings. The van der Waals surface area contributed by atoms with Gasteiger partial charge in [0.1, 0.15) is 0 Å². The molecule has 1 aromatic heterocycles. The fourth-order valence-electron chi connectivity index (χ4n) is 7.21. The van der Waals surface area contributed by atoms with E-state index in [-0.39, 0.29) is 0 Å². The third kappa shape index (κ3) is 2.23. The van der Waals surface area contributed by atoms with E-state index in [2.05, 4.69) is 88.9 Å². The fraction of sp³-hybridized carbons (Fsp3) is 0.121. The quantitative estimate of drug-likeness (QED) is 0.240. The highest BCUT2D eigenvalue weighted by atomic mass is 15.2. The Morgan fingerprint density at radius 1 is 0.543 bits per heavy atom. The standard InChI is InChI=1S/C33H22N2/c1-3-7-24-19(5-1)13-21-9-10-25-26-15-22-14-20-6-2-4-8-30(20)35-31-11-12-34-18-23(31)16-29(33(22)35)27(26)17-28(25)32(21)24/h1-12,15,18H,13-14,16-17H2. The number of pyridine rings is 1. The molecule has 0 N–H and O–H groups in total. The van der Waals surface area contributed by atoms with Crippen LogP contribution in [0, 0.1) is 0 Å². The molecule has 164 valence electrons. The predicted octanol–water partition coefficient (Wildman–Crippen LogP) is 7.50. The summed E-state index contributed by atoms with van der Waals surface area (Å²) in [5, 5.41) is 0. The van der Waals surface area contributed by atoms with Crippen LogP contribution in [0.25, 0.3) is 22.3 Å². The number of para-hydroxylation sites is 1. The Labute approximate surface area is 204 Å². The molecule has 0 spiro atoms. The Hall–Kier alpha value is -4.17. The summed E-state index contributed by atoms with van der Waals surface area (Å²) in [4.78, 5) is 7.04. The van der Waals surface area contributed by atoms with Gasteiger partial charge in [-0.1, -0.05) is 54.6 Å². The van der Waals surface area contributed by atoms with Crippen LogP contribution in [-0.2, 0) is 25.7 Å². The van der Waals surface area contributed by atoms with Crippen molar-refractivity contribution in [2.45, 2.75) is 25.7 Å². The van der Waals surface area contributed by atoms with Gasteiger partial charge in [0.05, 0.1) is 11.4 Å². The van der Waals surface area contributed by atoms with Gasteiger partial charge >= 0.3 is 0 Å². The molecule has 0 saturated carbocycles. The van der Waals surface area contributed by atoms with Gasteiger partial charge in [-0.2, -0.15) is 0 Å². The van der Waals surface area contributed by atoms with Crippen molar-refractivity contribution in [1.29, 1.82) is 0 Å². The minimum atomic E-state index is 0.958. The number of aromatic nitrogens is 1. The molecule has 0 saturated heterocycles. The third-order valence-electron chi connectivity index (χ3n) is 8.63. The highest BCUT2D eigenvalue weighted by molar-refractivity contribution is 5.96. The average Bonchev–Trinajstić information content (AvgIpc) is 3.46. The number of benzene rings is 4. The zero-order valence-electron chi connectivity index (χ0n) is 19.3. The molecule has 3 heterocycles. The van der Waals surface area contributed by atoms with Crippen LogP contribution in [0.15, 0.2) is 85.2 Å². The molecule has 9 rings (SSSR count). The van der Waals surface area contributed by atoms with Gasteiger partial charge in [-0.15, -0.1) is 0 Å². The molecule has 2 heteroatoms. The molecular formula is C33H22N2. The largest absolute Gasteiger partial charge is 0.309 e. The van der Waals surface area contributed by atoms with E-state index in [0.29, 0.717) is 0 Å². The first-order valence-electron chi connectivity index (χ1n) is 12.6. The van der Waals surface area contributed by atoms with Crippen molar-refractivity contribution in [3.8, 4) is 22.3 Å². The van der Waals surface area contributed by atoms with E-state index in [1.807, 2.05) is 6.20 Å². The maximum atomic E-state index is 4.51. The molecule has 0 atom stereocenters. The average molecular weight is 447 g/mol. The van der Waals surface area contributed by atoms with E-state index in [9.17, 15) is 0 Å². The van der Waals surface area contributed by atoms with Crippen LogP contribution in [0.4, 0.5) is 17.1 Å². The summed E-state index contributed by atoms with van der Waals surface area (Å²) >= 11 is 0. The van der Waals surface area contributed by atoms with Gasteiger partial charge in [-0.3, -0.25) is 4.98 Å². The molecule has 2 nitrogen and oxygen atoms in total. The summed E-state index contributed by atoms with van der Waals surface area (Å²) in [6.07, 6.45) is 8.04. The van der Waals surface area contributed by atoms with Gasteiger partial charge in [0.25, 0.3) is 0 Å². The molecule has 0 amide bonds. The Kier molecular flexibility index (Phi) is 3.27. The zero-order chi connectivity index (χ0) is 22.7. The number of hydrogen-bond acceptors (Lipinski definition) is 2. The van der Waals surface area contributed by atoms with Crippen LogP contribution in [-0.4, -0.2) is 4.98 Å². The van der Waals surface area contributed by atoms with Crippen molar-refractivity contribution in [3.05, 3.63) is 130 Å². The van der Waals surface area contributed by atoms with E-state index >= 15 is 0 Å². The van der Waals surface area contributed by atoms with Crippen molar-refractivity contribution in [1.82, 2.24) is 4.98 Å². The van der Waals surface area contributed by atoms with Crippen LogP contribution >= 0.6 is 0 Å². The monoisotopic (exact) mass is 446 g/mol. The molecule has 2 aliphatic carbocycles. The minimum absolute atomic E-state index is 0.958. The Bertz CT molecular complexity index is 1750. The van der Waals surface area contributed by atoms with Gasteiger partial charge in [-0.05, 0) is 97.8 Å². The van der Waals surface area contributed by atoms with Gasteiger partial charge < -0.3 is 4.90 Å². The van der Waals surface area contributed by atoms with Gasteiger partial charge in [0.15, 0.2) is 0 Å². The zero-order valence-corrected chi connectivity index (χ0v) is 19.3. The van der Waals surface area contributed by atoms with E-state index < -0.39 is 0 Å². The molecule has 0 bridgehead atoms. The van der Waals surface area contributed by atoms with Crippen LogP contribution in [0.3, 0.4) is 0 Å². The Morgan fingerprint density at radius 3 is 2.34 bits per heavy atom. The second-order valence-electron chi connectivity index (χ2n) is 10.3. The summed E-state index contributed by atoms with van der Waals surface area (Å²) in [7, 11) is 0. The molecule has 5 aromatic rings. The summed E-state index contributed by atoms with van der Waals surface area (Å²) in [5.41, 5.74) is 21.5. The highest BCUT2D eigenvalue weighted by Gasteiger charge is 2.37. The summed E-state index contributed by atoms with van der Waals surface area (Å²) < 4.78 is 0. The van der Waals surface area contributed by atoms with Crippen LogP contribution in [0.1, 0.15) is 44.5 Å². The molecule has 35 heavy (non-hydrogen) atoms. The van der Waals surface area contributed by atoms with Crippen molar-refractivity contribution in [2.24, 2.45) is 0 Å². The Balaban J connectivity index is 1.32. The number of anilines is 3. The summed E-state index contributed by atoms with van der Waals surface area (Å²) in [5.74, 6) is 0. The first-order chi connectivity index (χ1) is 17.3. The first-order valence-corrected chi connectivity index (χ1v) is 12.6. The number of rotatable bonds is 0. The molecule has 0 unspecified atom stereocenters. The van der Waals surface area contributed by atoms with E-state index in [1.165, 1.54) is 83.8 Å². The first kappa shape index (κ1) is 18.2. The van der Waals surface area contributed by atoms with Crippen molar-refractivity contribution < 1.29 is 0 Å². The second-order valence-corrected chi connectivity index (χ2v) is 10.3. The van der Waals surface area contributed by atoms with Crippen molar-refractivity contribution in [2.75, 3.05) is 4.90 Å². The van der Waals surface area contributed by atoms with Crippen LogP contribution < -0.4 is 4.90 Å². The van der Waals surface area contributed by atoms with Gasteiger partial charge in [-0.25, -0.2) is 0 Å². The number of hydrogen-bond donors (Lipinski definition) is 0. The van der Waals surface area contributed by atoms with Crippen LogP contribution in [0.2, 0.25) is 0 Å². The van der Waals surface area contributed by atoms with Crippen molar-refractivity contribution >= 4 is 17.1 Å². The topological polar surface area (TPSA) is 16.1 Å². The smallest absolute Gasteiger partial charge is 0.0535 e. The number of nitrogens with zero attached hydrogens (tertiary/aromatic N) is 2. The van der Waals surface area contributed by atoms with E-state index in [1.54, 1.807) is 0 Å². The predicted molar refractivity (Wildman–Crippen MR) is 141 cm³/mol. The third-order valence-corrected chi connectivity index (χ3v) is 8.63. The molecule has 2 aliphatic heterocycles. The van der Waals surface area contributed by atoms with Crippen LogP contribution in [0.5, 0.6) is 0 Å². The van der Waals surface area contributed by atoms with Gasteiger partial charge in [0, 0.05) is 30.9 Å². The lowest BCUT2D eigenvalue weighted by Crippen LogP contribution is -2.25. The lowest BCUT2D eigenvalue weighted by Gasteiger charge is -2.40. The molecule has 0 radical (unpaired) electrons. The maximum Gasteiger partial charge on any atom is 0.0535 e. The summed E-state index contributed by atoms with van der Waals surface area (Å²) in [6.45, 7) is 0. The highest BCUT2D eigenvalue weighted by Crippen LogP contribution is 2.56. The van der Waals surface area contributed by atoms with E-state index in [4.69, 9.17) is 0 Å². The normalized spacial score (nSPS) is 14.9. The SMILES string of the molecule is c1ccc2c(c1)Cc1ccc3c(c1-2)Cc1c-3cc2c3c1Cc1cnccc1N3c1ccccc1C2. The Morgan fingerprint density at radius 2 is 1.37 bits per heavy atom. The summed E-state index contributed by atoms with van der Waals surface area (Å²) in [6, 6.07) is 27.4. The maximum absolute atomic E-state index is 4.51. The van der Waals surface area contributed by atoms with Gasteiger partial charge in [0.2, 0.25) is 0 Å². The fourth-order valence-corrected chi connectivity index (χ4v) is 7.21. The second kappa shape index (κ2) is 6.28. The van der Waals surface area contributed by atoms with Crippen molar-refractivity contribution in [3.63, 3.8) is 0 Å². The molecular weight excluding hydrogens is 424 g/mol. The minimum Gasteiger partial charge on any atom is -0.309 e. The number of fused-ring (bicyclic) bond motifs is 12. The lowest BCUT2D eigenvalue weighted by molar-refractivity contribution is 0.984.